The largest absolute Gasteiger partial charge is 0.494 e. The number of H-pyrrole nitrogens is 1. The van der Waals surface area contributed by atoms with Gasteiger partial charge in [-0.1, -0.05) is 12.1 Å². The van der Waals surface area contributed by atoms with Gasteiger partial charge in [0.25, 0.3) is 5.91 Å². The Bertz CT molecular complexity index is 927. The van der Waals surface area contributed by atoms with Crippen molar-refractivity contribution in [3.05, 3.63) is 52.3 Å². The second-order valence-corrected chi connectivity index (χ2v) is 8.60. The normalized spacial score (nSPS) is 14.4. The number of aryl methyl sites for hydroxylation is 2. The van der Waals surface area contributed by atoms with Crippen LogP contribution in [0.4, 0.5) is 0 Å². The van der Waals surface area contributed by atoms with Crippen molar-refractivity contribution in [2.45, 2.75) is 46.5 Å². The number of hydrogen-bond acceptors (Lipinski definition) is 5. The van der Waals surface area contributed by atoms with E-state index in [1.165, 1.54) is 5.56 Å². The van der Waals surface area contributed by atoms with Crippen LogP contribution in [0.3, 0.4) is 0 Å². The Balaban J connectivity index is 1.52. The fraction of sp³-hybridized carbons (Fsp3) is 0.538. The number of aromatic nitrogens is 1. The zero-order valence-electron chi connectivity index (χ0n) is 20.2. The monoisotopic (exact) mass is 456 g/mol. The van der Waals surface area contributed by atoms with Crippen molar-refractivity contribution in [3.8, 4) is 5.75 Å². The van der Waals surface area contributed by atoms with Crippen molar-refractivity contribution < 1.29 is 23.8 Å². The van der Waals surface area contributed by atoms with E-state index >= 15 is 0 Å². The summed E-state index contributed by atoms with van der Waals surface area (Å²) in [5.41, 5.74) is 3.55. The molecule has 0 radical (unpaired) electrons. The summed E-state index contributed by atoms with van der Waals surface area (Å²) in [6.07, 6.45) is 4.14. The van der Waals surface area contributed by atoms with Crippen LogP contribution in [0.15, 0.2) is 24.3 Å². The number of amides is 1. The lowest BCUT2D eigenvalue weighted by atomic mass is 9.90. The molecule has 2 aromatic rings. The molecule has 1 fully saturated rings. The number of piperidine rings is 1. The zero-order valence-corrected chi connectivity index (χ0v) is 20.2. The highest BCUT2D eigenvalue weighted by molar-refractivity contribution is 6.00. The van der Waals surface area contributed by atoms with Gasteiger partial charge in [0.05, 0.1) is 18.8 Å². The van der Waals surface area contributed by atoms with Crippen molar-refractivity contribution in [3.63, 3.8) is 0 Å². The molecule has 33 heavy (non-hydrogen) atoms. The Hall–Kier alpha value is -2.80. The van der Waals surface area contributed by atoms with Crippen LogP contribution in [0.5, 0.6) is 5.75 Å². The highest BCUT2D eigenvalue weighted by Gasteiger charge is 2.28. The van der Waals surface area contributed by atoms with Gasteiger partial charge in [0.1, 0.15) is 18.1 Å². The Labute approximate surface area is 196 Å². The third kappa shape index (κ3) is 6.38. The first-order chi connectivity index (χ1) is 15.9. The lowest BCUT2D eigenvalue weighted by molar-refractivity contribution is 0.0386. The van der Waals surface area contributed by atoms with Gasteiger partial charge < -0.3 is 24.1 Å². The number of ether oxygens (including phenoxy) is 3. The summed E-state index contributed by atoms with van der Waals surface area (Å²) in [5.74, 6) is 1.05. The Morgan fingerprint density at radius 2 is 1.79 bits per heavy atom. The number of hydrogen-bond donors (Lipinski definition) is 1. The standard InChI is InChI=1S/C26H36N2O5/c1-5-32-22-10-8-20(9-11-22)6-7-21-12-14-28(15-13-21)25(29)24-18(2)23(19(3)27-24)26(30)33-17-16-31-4/h8-11,21,27H,5-7,12-17H2,1-4H3. The molecular formula is C26H36N2O5. The third-order valence-corrected chi connectivity index (χ3v) is 6.35. The molecule has 1 aromatic carbocycles. The van der Waals surface area contributed by atoms with Gasteiger partial charge in [0.2, 0.25) is 0 Å². The molecule has 7 heteroatoms. The van der Waals surface area contributed by atoms with Gasteiger partial charge in [0.15, 0.2) is 0 Å². The molecule has 0 bridgehead atoms. The second kappa shape index (κ2) is 11.9. The van der Waals surface area contributed by atoms with Crippen LogP contribution in [-0.2, 0) is 15.9 Å². The molecule has 1 aromatic heterocycles. The zero-order chi connectivity index (χ0) is 23.8. The Morgan fingerprint density at radius 1 is 1.09 bits per heavy atom. The Morgan fingerprint density at radius 3 is 2.42 bits per heavy atom. The highest BCUT2D eigenvalue weighted by atomic mass is 16.6. The van der Waals surface area contributed by atoms with E-state index in [9.17, 15) is 9.59 Å². The van der Waals surface area contributed by atoms with Gasteiger partial charge in [-0.05, 0) is 75.6 Å². The maximum Gasteiger partial charge on any atom is 0.340 e. The first-order valence-corrected chi connectivity index (χ1v) is 11.8. The highest BCUT2D eigenvalue weighted by Crippen LogP contribution is 2.26. The van der Waals surface area contributed by atoms with Crippen molar-refractivity contribution in [2.24, 2.45) is 5.92 Å². The fourth-order valence-corrected chi connectivity index (χ4v) is 4.43. The van der Waals surface area contributed by atoms with Crippen LogP contribution in [0, 0.1) is 19.8 Å². The minimum Gasteiger partial charge on any atom is -0.494 e. The molecule has 1 aliphatic heterocycles. The molecule has 0 aliphatic carbocycles. The van der Waals surface area contributed by atoms with Gasteiger partial charge in [-0.15, -0.1) is 0 Å². The van der Waals surface area contributed by atoms with Crippen molar-refractivity contribution >= 4 is 11.9 Å². The molecule has 1 saturated heterocycles. The molecular weight excluding hydrogens is 420 g/mol. The summed E-state index contributed by atoms with van der Waals surface area (Å²) >= 11 is 0. The molecule has 1 aliphatic rings. The molecule has 0 saturated carbocycles. The first kappa shape index (κ1) is 24.8. The molecule has 0 atom stereocenters. The van der Waals surface area contributed by atoms with Gasteiger partial charge in [-0.25, -0.2) is 4.79 Å². The molecule has 3 rings (SSSR count). The first-order valence-electron chi connectivity index (χ1n) is 11.8. The quantitative estimate of drug-likeness (QED) is 0.425. The van der Waals surface area contributed by atoms with Crippen molar-refractivity contribution in [2.75, 3.05) is 40.0 Å². The molecule has 1 amide bonds. The summed E-state index contributed by atoms with van der Waals surface area (Å²) in [4.78, 5) is 30.6. The predicted molar refractivity (Wildman–Crippen MR) is 127 cm³/mol. The summed E-state index contributed by atoms with van der Waals surface area (Å²) < 4.78 is 15.7. The van der Waals surface area contributed by atoms with Gasteiger partial charge in [-0.3, -0.25) is 4.79 Å². The van der Waals surface area contributed by atoms with Crippen LogP contribution < -0.4 is 4.74 Å². The van der Waals surface area contributed by atoms with E-state index in [0.717, 1.165) is 44.5 Å². The molecule has 180 valence electrons. The van der Waals surface area contributed by atoms with Crippen molar-refractivity contribution in [1.82, 2.24) is 9.88 Å². The predicted octanol–water partition coefficient (Wildman–Crippen LogP) is 4.32. The summed E-state index contributed by atoms with van der Waals surface area (Å²) in [6.45, 7) is 8.26. The summed E-state index contributed by atoms with van der Waals surface area (Å²) in [5, 5.41) is 0. The molecule has 7 nitrogen and oxygen atoms in total. The number of likely N-dealkylation sites (tertiary alicyclic amines) is 1. The van der Waals surface area contributed by atoms with Crippen LogP contribution in [0.25, 0.3) is 0 Å². The summed E-state index contributed by atoms with van der Waals surface area (Å²) in [7, 11) is 1.56. The van der Waals surface area contributed by atoms with Crippen molar-refractivity contribution in [1.29, 1.82) is 0 Å². The van der Waals surface area contributed by atoms with Gasteiger partial charge >= 0.3 is 5.97 Å². The minimum absolute atomic E-state index is 0.0449. The molecule has 0 spiro atoms. The molecule has 0 unspecified atom stereocenters. The SMILES string of the molecule is CCOc1ccc(CCC2CCN(C(=O)c3[nH]c(C)c(C(=O)OCCOC)c3C)CC2)cc1. The van der Waals surface area contributed by atoms with E-state index in [2.05, 4.69) is 17.1 Å². The maximum absolute atomic E-state index is 13.2. The van der Waals surface area contributed by atoms with E-state index in [1.54, 1.807) is 21.0 Å². The third-order valence-electron chi connectivity index (χ3n) is 6.35. The van der Waals surface area contributed by atoms with Gasteiger partial charge in [0, 0.05) is 25.9 Å². The van der Waals surface area contributed by atoms with E-state index in [4.69, 9.17) is 14.2 Å². The smallest absolute Gasteiger partial charge is 0.340 e. The number of carbonyl (C=O) groups is 2. The average Bonchev–Trinajstić information content (AvgIpc) is 3.12. The number of carbonyl (C=O) groups excluding carboxylic acids is 2. The number of nitrogens with one attached hydrogen (secondary N) is 1. The average molecular weight is 457 g/mol. The van der Waals surface area contributed by atoms with Crippen LogP contribution in [-0.4, -0.2) is 61.8 Å². The number of rotatable bonds is 10. The van der Waals surface area contributed by atoms with E-state index in [-0.39, 0.29) is 12.5 Å². The summed E-state index contributed by atoms with van der Waals surface area (Å²) in [6, 6.07) is 8.33. The van der Waals surface area contributed by atoms with E-state index in [1.807, 2.05) is 24.0 Å². The van der Waals surface area contributed by atoms with Crippen LogP contribution in [0.2, 0.25) is 0 Å². The van der Waals surface area contributed by atoms with Gasteiger partial charge in [-0.2, -0.15) is 0 Å². The number of nitrogens with zero attached hydrogens (tertiary/aromatic N) is 1. The topological polar surface area (TPSA) is 80.9 Å². The van der Waals surface area contributed by atoms with E-state index < -0.39 is 5.97 Å². The van der Waals surface area contributed by atoms with E-state index in [0.29, 0.717) is 41.6 Å². The molecule has 1 N–H and O–H groups in total. The lowest BCUT2D eigenvalue weighted by Gasteiger charge is -2.32. The Kier molecular flexibility index (Phi) is 8.95. The lowest BCUT2D eigenvalue weighted by Crippen LogP contribution is -2.39. The number of esters is 1. The molecule has 2 heterocycles. The number of aromatic amines is 1. The minimum atomic E-state index is -0.426. The maximum atomic E-state index is 13.2. The number of benzene rings is 1. The second-order valence-electron chi connectivity index (χ2n) is 8.60. The fourth-order valence-electron chi connectivity index (χ4n) is 4.43. The van der Waals surface area contributed by atoms with Crippen LogP contribution in [0.1, 0.15) is 63.9 Å². The van der Waals surface area contributed by atoms with Crippen LogP contribution >= 0.6 is 0 Å². The number of methoxy groups -OCH3 is 1.